The van der Waals surface area contributed by atoms with Crippen molar-refractivity contribution in [2.75, 3.05) is 0 Å². The minimum atomic E-state index is 1.01. The molecule has 0 aromatic heterocycles. The number of hydrogen-bond donors (Lipinski definition) is 0. The van der Waals surface area contributed by atoms with Gasteiger partial charge < -0.3 is 0 Å². The zero-order valence-electron chi connectivity index (χ0n) is 7.33. The molecule has 0 aromatic rings. The van der Waals surface area contributed by atoms with Gasteiger partial charge in [-0.15, -0.1) is 0 Å². The topological polar surface area (TPSA) is 12.4 Å². The van der Waals surface area contributed by atoms with Crippen LogP contribution in [0.1, 0.15) is 13.3 Å². The molecule has 0 spiro atoms. The fraction of sp³-hybridized carbons (Fsp3) is 0.182. The largest absolute Gasteiger partial charge is 0.272 e. The summed E-state index contributed by atoms with van der Waals surface area (Å²) in [6.45, 7) is 5.43. The van der Waals surface area contributed by atoms with Gasteiger partial charge in [0, 0.05) is 6.20 Å². The molecule has 0 amide bonds. The van der Waals surface area contributed by atoms with E-state index in [4.69, 9.17) is 0 Å². The summed E-state index contributed by atoms with van der Waals surface area (Å²) in [5.74, 6) is 0. The highest BCUT2D eigenvalue weighted by atomic mass is 14.6. The smallest absolute Gasteiger partial charge is 0.0289 e. The van der Waals surface area contributed by atoms with E-state index >= 15 is 0 Å². The molecule has 0 saturated carbocycles. The molecule has 62 valence electrons. The van der Waals surface area contributed by atoms with Crippen LogP contribution in [0.5, 0.6) is 0 Å². The van der Waals surface area contributed by atoms with Crippen LogP contribution in [0.3, 0.4) is 0 Å². The third-order valence-electron chi connectivity index (χ3n) is 1.62. The molecule has 0 aliphatic heterocycles. The SMILES string of the molecule is C=N/C=C(C)\C=C1\C=CC=CC1. The highest BCUT2D eigenvalue weighted by Crippen LogP contribution is 2.12. The van der Waals surface area contributed by atoms with E-state index in [0.29, 0.717) is 0 Å². The summed E-state index contributed by atoms with van der Waals surface area (Å²) in [5.41, 5.74) is 2.45. The van der Waals surface area contributed by atoms with Gasteiger partial charge in [-0.1, -0.05) is 30.4 Å². The Morgan fingerprint density at radius 2 is 2.42 bits per heavy atom. The van der Waals surface area contributed by atoms with Gasteiger partial charge in [0.2, 0.25) is 0 Å². The molecule has 1 nitrogen and oxygen atoms in total. The molecular formula is C11H13N. The Kier molecular flexibility index (Phi) is 3.27. The van der Waals surface area contributed by atoms with Crippen LogP contribution in [-0.2, 0) is 0 Å². The standard InChI is InChI=1S/C11H13N/c1-10(9-12-2)8-11-6-4-3-5-7-11/h3-6,8-9H,2,7H2,1H3/b10-9-,11-8-. The van der Waals surface area contributed by atoms with Gasteiger partial charge in [-0.25, -0.2) is 0 Å². The first-order chi connectivity index (χ1) is 5.83. The molecule has 12 heavy (non-hydrogen) atoms. The van der Waals surface area contributed by atoms with Gasteiger partial charge in [0.1, 0.15) is 0 Å². The minimum Gasteiger partial charge on any atom is -0.272 e. The molecule has 0 radical (unpaired) electrons. The monoisotopic (exact) mass is 159 g/mol. The first kappa shape index (κ1) is 8.72. The highest BCUT2D eigenvalue weighted by Gasteiger charge is 1.92. The van der Waals surface area contributed by atoms with Crippen molar-refractivity contribution in [1.29, 1.82) is 0 Å². The molecule has 1 heteroatoms. The van der Waals surface area contributed by atoms with Crippen LogP contribution < -0.4 is 0 Å². The van der Waals surface area contributed by atoms with Gasteiger partial charge in [0.15, 0.2) is 0 Å². The predicted octanol–water partition coefficient (Wildman–Crippen LogP) is 3.03. The van der Waals surface area contributed by atoms with Crippen LogP contribution in [0.4, 0.5) is 0 Å². The normalized spacial score (nSPS) is 20.1. The lowest BCUT2D eigenvalue weighted by Gasteiger charge is -2.01. The first-order valence-electron chi connectivity index (χ1n) is 3.99. The fourth-order valence-electron chi connectivity index (χ4n) is 1.11. The molecule has 1 rings (SSSR count). The lowest BCUT2D eigenvalue weighted by atomic mass is 10.1. The summed E-state index contributed by atoms with van der Waals surface area (Å²) in [4.78, 5) is 3.70. The van der Waals surface area contributed by atoms with E-state index < -0.39 is 0 Å². The van der Waals surface area contributed by atoms with Crippen LogP contribution in [0, 0.1) is 0 Å². The number of rotatable bonds is 2. The zero-order chi connectivity index (χ0) is 8.81. The van der Waals surface area contributed by atoms with Crippen molar-refractivity contribution < 1.29 is 0 Å². The van der Waals surface area contributed by atoms with E-state index in [1.165, 1.54) is 5.57 Å². The lowest BCUT2D eigenvalue weighted by Crippen LogP contribution is -1.81. The van der Waals surface area contributed by atoms with Crippen LogP contribution in [0.15, 0.2) is 52.7 Å². The van der Waals surface area contributed by atoms with Crippen LogP contribution >= 0.6 is 0 Å². The second-order valence-corrected chi connectivity index (χ2v) is 2.77. The molecular weight excluding hydrogens is 146 g/mol. The van der Waals surface area contributed by atoms with Crippen molar-refractivity contribution in [2.45, 2.75) is 13.3 Å². The van der Waals surface area contributed by atoms with Crippen LogP contribution in [0.2, 0.25) is 0 Å². The van der Waals surface area contributed by atoms with Crippen molar-refractivity contribution >= 4 is 6.72 Å². The molecule has 0 N–H and O–H groups in total. The zero-order valence-corrected chi connectivity index (χ0v) is 7.33. The van der Waals surface area contributed by atoms with Crippen LogP contribution in [-0.4, -0.2) is 6.72 Å². The highest BCUT2D eigenvalue weighted by molar-refractivity contribution is 5.36. The van der Waals surface area contributed by atoms with Crippen molar-refractivity contribution in [3.05, 3.63) is 47.7 Å². The van der Waals surface area contributed by atoms with Crippen molar-refractivity contribution in [1.82, 2.24) is 0 Å². The minimum absolute atomic E-state index is 1.01. The molecule has 0 bridgehead atoms. The Labute approximate surface area is 73.5 Å². The van der Waals surface area contributed by atoms with Gasteiger partial charge in [0.05, 0.1) is 0 Å². The average molecular weight is 159 g/mol. The molecule has 0 atom stereocenters. The van der Waals surface area contributed by atoms with E-state index in [2.05, 4.69) is 36.0 Å². The summed E-state index contributed by atoms with van der Waals surface area (Å²) in [5, 5.41) is 0. The second-order valence-electron chi connectivity index (χ2n) is 2.77. The number of nitrogens with zero attached hydrogens (tertiary/aromatic N) is 1. The van der Waals surface area contributed by atoms with E-state index in [-0.39, 0.29) is 0 Å². The third kappa shape index (κ3) is 2.70. The van der Waals surface area contributed by atoms with Crippen molar-refractivity contribution in [2.24, 2.45) is 4.99 Å². The number of aliphatic imine (C=N–C) groups is 1. The fourth-order valence-corrected chi connectivity index (χ4v) is 1.11. The van der Waals surface area contributed by atoms with Crippen molar-refractivity contribution in [3.63, 3.8) is 0 Å². The summed E-state index contributed by atoms with van der Waals surface area (Å²) >= 11 is 0. The maximum atomic E-state index is 3.70. The van der Waals surface area contributed by atoms with E-state index in [0.717, 1.165) is 12.0 Å². The molecule has 0 fully saturated rings. The van der Waals surface area contributed by atoms with Gasteiger partial charge in [-0.05, 0) is 31.2 Å². The van der Waals surface area contributed by atoms with E-state index in [1.807, 2.05) is 13.0 Å². The maximum Gasteiger partial charge on any atom is 0.0289 e. The Morgan fingerprint density at radius 3 is 3.00 bits per heavy atom. The van der Waals surface area contributed by atoms with Crippen LogP contribution in [0.25, 0.3) is 0 Å². The van der Waals surface area contributed by atoms with Crippen molar-refractivity contribution in [3.8, 4) is 0 Å². The van der Waals surface area contributed by atoms with E-state index in [1.54, 1.807) is 6.20 Å². The van der Waals surface area contributed by atoms with Gasteiger partial charge >= 0.3 is 0 Å². The molecule has 1 aliphatic carbocycles. The predicted molar refractivity (Wildman–Crippen MR) is 54.3 cm³/mol. The quantitative estimate of drug-likeness (QED) is 0.549. The average Bonchev–Trinajstić information content (AvgIpc) is 2.06. The molecule has 0 aromatic carbocycles. The Hall–Kier alpha value is -1.37. The Balaban J connectivity index is 2.69. The molecule has 0 unspecified atom stereocenters. The summed E-state index contributed by atoms with van der Waals surface area (Å²) in [6, 6.07) is 0. The Morgan fingerprint density at radius 1 is 1.58 bits per heavy atom. The summed E-state index contributed by atoms with van der Waals surface area (Å²) in [7, 11) is 0. The molecule has 0 heterocycles. The lowest BCUT2D eigenvalue weighted by molar-refractivity contribution is 1.24. The second kappa shape index (κ2) is 4.50. The molecule has 0 saturated heterocycles. The third-order valence-corrected chi connectivity index (χ3v) is 1.62. The molecule has 1 aliphatic rings. The summed E-state index contributed by atoms with van der Waals surface area (Å²) in [6.07, 6.45) is 13.2. The van der Waals surface area contributed by atoms with Gasteiger partial charge in [0.25, 0.3) is 0 Å². The van der Waals surface area contributed by atoms with Gasteiger partial charge in [-0.3, -0.25) is 4.99 Å². The Bertz CT molecular complexity index is 277. The maximum absolute atomic E-state index is 3.70. The summed E-state index contributed by atoms with van der Waals surface area (Å²) < 4.78 is 0. The van der Waals surface area contributed by atoms with Gasteiger partial charge in [-0.2, -0.15) is 0 Å². The van der Waals surface area contributed by atoms with E-state index in [9.17, 15) is 0 Å². The first-order valence-corrected chi connectivity index (χ1v) is 3.99. The number of allylic oxidation sites excluding steroid dienone is 7. The number of hydrogen-bond acceptors (Lipinski definition) is 1.